The minimum absolute atomic E-state index is 0.139. The van der Waals surface area contributed by atoms with Gasteiger partial charge in [0.1, 0.15) is 11.6 Å². The van der Waals surface area contributed by atoms with Gasteiger partial charge in [0.25, 0.3) is 0 Å². The van der Waals surface area contributed by atoms with Crippen molar-refractivity contribution in [2.24, 2.45) is 0 Å². The smallest absolute Gasteiger partial charge is 0.211 e. The Morgan fingerprint density at radius 3 is 2.35 bits per heavy atom. The Balaban J connectivity index is 1.86. The quantitative estimate of drug-likeness (QED) is 0.805. The van der Waals surface area contributed by atoms with E-state index in [9.17, 15) is 12.8 Å². The van der Waals surface area contributed by atoms with Gasteiger partial charge >= 0.3 is 0 Å². The summed E-state index contributed by atoms with van der Waals surface area (Å²) in [6.45, 7) is 0.278. The summed E-state index contributed by atoms with van der Waals surface area (Å²) in [5, 5.41) is 0. The zero-order valence-corrected chi connectivity index (χ0v) is 13.8. The van der Waals surface area contributed by atoms with Crippen LogP contribution in [-0.2, 0) is 22.9 Å². The molecule has 23 heavy (non-hydrogen) atoms. The molecule has 1 N–H and O–H groups in total. The largest absolute Gasteiger partial charge is 0.496 e. The molecular formula is C17H20FNO3S. The van der Waals surface area contributed by atoms with Crippen molar-refractivity contribution >= 4 is 10.0 Å². The summed E-state index contributed by atoms with van der Waals surface area (Å²) < 4.78 is 45.3. The number of sulfonamides is 1. The molecule has 0 aliphatic rings. The highest BCUT2D eigenvalue weighted by atomic mass is 32.2. The van der Waals surface area contributed by atoms with Crippen molar-refractivity contribution in [1.29, 1.82) is 0 Å². The molecule has 0 aliphatic heterocycles. The molecule has 0 amide bonds. The summed E-state index contributed by atoms with van der Waals surface area (Å²) in [6.07, 6.45) is 0.680. The van der Waals surface area contributed by atoms with Gasteiger partial charge in [-0.1, -0.05) is 36.4 Å². The average Bonchev–Trinajstić information content (AvgIpc) is 2.54. The van der Waals surface area contributed by atoms with Gasteiger partial charge in [0, 0.05) is 6.54 Å². The number of nitrogens with one attached hydrogen (secondary N) is 1. The fourth-order valence-electron chi connectivity index (χ4n) is 2.27. The van der Waals surface area contributed by atoms with Crippen LogP contribution in [-0.4, -0.2) is 27.8 Å². The number of ether oxygens (including phenoxy) is 1. The Labute approximate surface area is 136 Å². The van der Waals surface area contributed by atoms with Crippen molar-refractivity contribution in [3.63, 3.8) is 0 Å². The third kappa shape index (κ3) is 5.33. The molecule has 0 unspecified atom stereocenters. The van der Waals surface area contributed by atoms with Gasteiger partial charge in [-0.05, 0) is 36.1 Å². The number of benzene rings is 2. The molecule has 0 aromatic heterocycles. The molecule has 0 saturated heterocycles. The molecule has 6 heteroatoms. The predicted octanol–water partition coefficient (Wildman–Crippen LogP) is 2.54. The number of halogens is 1. The van der Waals surface area contributed by atoms with Crippen molar-refractivity contribution in [2.45, 2.75) is 12.8 Å². The van der Waals surface area contributed by atoms with E-state index in [1.807, 2.05) is 24.3 Å². The first kappa shape index (κ1) is 17.4. The van der Waals surface area contributed by atoms with E-state index in [0.29, 0.717) is 12.0 Å². The second kappa shape index (κ2) is 8.08. The number of hydrogen-bond acceptors (Lipinski definition) is 3. The Hall–Kier alpha value is -1.92. The van der Waals surface area contributed by atoms with E-state index in [4.69, 9.17) is 4.74 Å². The van der Waals surface area contributed by atoms with Crippen molar-refractivity contribution in [1.82, 2.24) is 4.72 Å². The van der Waals surface area contributed by atoms with Gasteiger partial charge in [0.05, 0.1) is 12.9 Å². The molecule has 0 aliphatic carbocycles. The summed E-state index contributed by atoms with van der Waals surface area (Å²) >= 11 is 0. The van der Waals surface area contributed by atoms with E-state index in [0.717, 1.165) is 11.3 Å². The van der Waals surface area contributed by atoms with Crippen LogP contribution in [0.4, 0.5) is 4.39 Å². The van der Waals surface area contributed by atoms with Crippen LogP contribution in [0.25, 0.3) is 0 Å². The molecule has 0 heterocycles. The molecule has 0 radical (unpaired) electrons. The molecule has 2 rings (SSSR count). The molecular weight excluding hydrogens is 317 g/mol. The van der Waals surface area contributed by atoms with Crippen molar-refractivity contribution in [3.8, 4) is 5.75 Å². The lowest BCUT2D eigenvalue weighted by Crippen LogP contribution is -2.29. The van der Waals surface area contributed by atoms with Crippen LogP contribution in [0.15, 0.2) is 48.5 Å². The maximum absolute atomic E-state index is 13.5. The van der Waals surface area contributed by atoms with E-state index in [1.165, 1.54) is 6.07 Å². The highest BCUT2D eigenvalue weighted by molar-refractivity contribution is 7.89. The topological polar surface area (TPSA) is 55.4 Å². The lowest BCUT2D eigenvalue weighted by molar-refractivity contribution is 0.409. The fraction of sp³-hybridized carbons (Fsp3) is 0.294. The van der Waals surface area contributed by atoms with Crippen LogP contribution in [0.3, 0.4) is 0 Å². The normalized spacial score (nSPS) is 11.4. The van der Waals surface area contributed by atoms with Gasteiger partial charge in [-0.25, -0.2) is 17.5 Å². The molecule has 2 aromatic rings. The number of rotatable bonds is 8. The van der Waals surface area contributed by atoms with Gasteiger partial charge in [-0.2, -0.15) is 0 Å². The number of hydrogen-bond donors (Lipinski definition) is 1. The average molecular weight is 337 g/mol. The summed E-state index contributed by atoms with van der Waals surface area (Å²) in [4.78, 5) is 0. The van der Waals surface area contributed by atoms with Crippen LogP contribution in [0.2, 0.25) is 0 Å². The first-order chi connectivity index (χ1) is 11.0. The minimum atomic E-state index is -3.44. The highest BCUT2D eigenvalue weighted by Crippen LogP contribution is 2.17. The highest BCUT2D eigenvalue weighted by Gasteiger charge is 2.12. The Morgan fingerprint density at radius 1 is 1.00 bits per heavy atom. The van der Waals surface area contributed by atoms with E-state index in [2.05, 4.69) is 4.72 Å². The lowest BCUT2D eigenvalue weighted by Gasteiger charge is -2.10. The van der Waals surface area contributed by atoms with Crippen molar-refractivity contribution in [2.75, 3.05) is 19.4 Å². The predicted molar refractivity (Wildman–Crippen MR) is 88.6 cm³/mol. The maximum Gasteiger partial charge on any atom is 0.211 e. The van der Waals surface area contributed by atoms with Gasteiger partial charge in [-0.15, -0.1) is 0 Å². The first-order valence-corrected chi connectivity index (χ1v) is 9.00. The lowest BCUT2D eigenvalue weighted by atomic mass is 10.1. The second-order valence-electron chi connectivity index (χ2n) is 5.12. The molecule has 124 valence electrons. The minimum Gasteiger partial charge on any atom is -0.496 e. The zero-order valence-electron chi connectivity index (χ0n) is 13.0. The first-order valence-electron chi connectivity index (χ1n) is 7.34. The van der Waals surface area contributed by atoms with Crippen LogP contribution >= 0.6 is 0 Å². The van der Waals surface area contributed by atoms with Gasteiger partial charge in [0.15, 0.2) is 0 Å². The Kier molecular flexibility index (Phi) is 6.12. The fourth-order valence-corrected chi connectivity index (χ4v) is 3.31. The van der Waals surface area contributed by atoms with E-state index in [-0.39, 0.29) is 24.5 Å². The maximum atomic E-state index is 13.5. The summed E-state index contributed by atoms with van der Waals surface area (Å²) in [6, 6.07) is 13.7. The van der Waals surface area contributed by atoms with E-state index >= 15 is 0 Å². The molecule has 2 aromatic carbocycles. The molecule has 4 nitrogen and oxygen atoms in total. The van der Waals surface area contributed by atoms with E-state index in [1.54, 1.807) is 25.3 Å². The number of aryl methyl sites for hydroxylation is 1. The van der Waals surface area contributed by atoms with Crippen LogP contribution in [0.1, 0.15) is 11.1 Å². The standard InChI is InChI=1S/C17H20FNO3S/c1-22-17-9-5-3-7-15(17)10-12-19-23(20,21)13-11-14-6-2-4-8-16(14)18/h2-9,19H,10-13H2,1H3. The summed E-state index contributed by atoms with van der Waals surface area (Å²) in [7, 11) is -1.86. The zero-order chi connectivity index (χ0) is 16.7. The van der Waals surface area contributed by atoms with Crippen LogP contribution < -0.4 is 9.46 Å². The van der Waals surface area contributed by atoms with Gasteiger partial charge in [0.2, 0.25) is 10.0 Å². The third-order valence-corrected chi connectivity index (χ3v) is 4.89. The number of para-hydroxylation sites is 1. The van der Waals surface area contributed by atoms with Crippen LogP contribution in [0.5, 0.6) is 5.75 Å². The Morgan fingerprint density at radius 2 is 1.65 bits per heavy atom. The number of methoxy groups -OCH3 is 1. The van der Waals surface area contributed by atoms with Gasteiger partial charge < -0.3 is 4.74 Å². The van der Waals surface area contributed by atoms with Crippen LogP contribution in [0, 0.1) is 5.82 Å². The monoisotopic (exact) mass is 337 g/mol. The van der Waals surface area contributed by atoms with Crippen molar-refractivity contribution < 1.29 is 17.5 Å². The molecule has 0 bridgehead atoms. The van der Waals surface area contributed by atoms with E-state index < -0.39 is 10.0 Å². The third-order valence-electron chi connectivity index (χ3n) is 3.51. The summed E-state index contributed by atoms with van der Waals surface area (Å²) in [5.74, 6) is 0.217. The molecule has 0 spiro atoms. The van der Waals surface area contributed by atoms with Gasteiger partial charge in [-0.3, -0.25) is 0 Å². The molecule has 0 atom stereocenters. The van der Waals surface area contributed by atoms with Crippen molar-refractivity contribution in [3.05, 3.63) is 65.5 Å². The molecule has 0 fully saturated rings. The molecule has 0 saturated carbocycles. The second-order valence-corrected chi connectivity index (χ2v) is 7.04. The SMILES string of the molecule is COc1ccccc1CCNS(=O)(=O)CCc1ccccc1F. The summed E-state index contributed by atoms with van der Waals surface area (Å²) in [5.41, 5.74) is 1.34. The Bertz CT molecular complexity index is 747.